The minimum absolute atomic E-state index is 0.221. The van der Waals surface area contributed by atoms with Gasteiger partial charge in [0.1, 0.15) is 11.6 Å². The quantitative estimate of drug-likeness (QED) is 0.669. The van der Waals surface area contributed by atoms with Gasteiger partial charge >= 0.3 is 0 Å². The number of aromatic amines is 1. The summed E-state index contributed by atoms with van der Waals surface area (Å²) in [6.07, 6.45) is 6.56. The third-order valence-electron chi connectivity index (χ3n) is 5.38. The fourth-order valence-electron chi connectivity index (χ4n) is 3.72. The number of hydrogen-bond donors (Lipinski definition) is 1. The highest BCUT2D eigenvalue weighted by Gasteiger charge is 2.27. The van der Waals surface area contributed by atoms with Gasteiger partial charge in [-0.1, -0.05) is 12.1 Å². The van der Waals surface area contributed by atoms with Crippen molar-refractivity contribution in [3.05, 3.63) is 60.2 Å². The van der Waals surface area contributed by atoms with Gasteiger partial charge in [0, 0.05) is 43.9 Å². The van der Waals surface area contributed by atoms with Crippen molar-refractivity contribution < 1.29 is 9.53 Å². The summed E-state index contributed by atoms with van der Waals surface area (Å²) in [5, 5.41) is 7.34. The van der Waals surface area contributed by atoms with E-state index in [1.807, 2.05) is 41.3 Å². The van der Waals surface area contributed by atoms with Gasteiger partial charge in [0.15, 0.2) is 5.82 Å². The number of nitrogens with one attached hydrogen (secondary N) is 1. The lowest BCUT2D eigenvalue weighted by molar-refractivity contribution is -0.130. The van der Waals surface area contributed by atoms with Crippen LogP contribution >= 0.6 is 0 Å². The molecule has 150 valence electrons. The minimum Gasteiger partial charge on any atom is -0.497 e. The molecule has 0 aliphatic carbocycles. The molecule has 4 rings (SSSR count). The number of aromatic nitrogens is 4. The van der Waals surface area contributed by atoms with E-state index in [0.29, 0.717) is 18.2 Å². The number of methoxy groups -OCH3 is 1. The Morgan fingerprint density at radius 3 is 2.76 bits per heavy atom. The number of H-pyrrole nitrogens is 1. The van der Waals surface area contributed by atoms with Crippen molar-refractivity contribution in [3.8, 4) is 17.1 Å². The molecular formula is C22H25N5O2. The molecule has 1 unspecified atom stereocenters. The lowest BCUT2D eigenvalue weighted by Gasteiger charge is -2.16. The topological polar surface area (TPSA) is 84.0 Å². The molecule has 1 aromatic carbocycles. The number of likely N-dealkylation sites (tertiary alicyclic amines) is 1. The number of pyridine rings is 1. The van der Waals surface area contributed by atoms with E-state index in [1.165, 1.54) is 0 Å². The first-order valence-corrected chi connectivity index (χ1v) is 9.93. The number of hydrogen-bond acceptors (Lipinski definition) is 5. The van der Waals surface area contributed by atoms with E-state index >= 15 is 0 Å². The average Bonchev–Trinajstić information content (AvgIpc) is 3.43. The lowest BCUT2D eigenvalue weighted by atomic mass is 10.0. The summed E-state index contributed by atoms with van der Waals surface area (Å²) in [7, 11) is 1.65. The number of ether oxygens (including phenoxy) is 1. The molecule has 2 aromatic heterocycles. The molecule has 0 spiro atoms. The Kier molecular flexibility index (Phi) is 5.84. The maximum Gasteiger partial charge on any atom is 0.222 e. The zero-order valence-corrected chi connectivity index (χ0v) is 16.5. The second-order valence-electron chi connectivity index (χ2n) is 7.39. The largest absolute Gasteiger partial charge is 0.497 e. The van der Waals surface area contributed by atoms with E-state index in [-0.39, 0.29) is 5.91 Å². The van der Waals surface area contributed by atoms with Crippen LogP contribution in [0.3, 0.4) is 0 Å². The number of carbonyl (C=O) groups excluding carboxylic acids is 1. The van der Waals surface area contributed by atoms with Crippen LogP contribution in [0.2, 0.25) is 0 Å². The zero-order valence-electron chi connectivity index (χ0n) is 16.5. The van der Waals surface area contributed by atoms with Gasteiger partial charge in [-0.2, -0.15) is 5.10 Å². The standard InChI is InChI=1S/C22H25N5O2/c1-29-19-5-2-16(3-6-19)4-7-21(28)27-13-10-17(15-27)14-20-24-22(26-25-20)18-8-11-23-12-9-18/h2-3,5-6,8-9,11-12,17H,4,7,10,13-15H2,1H3,(H,24,25,26). The number of rotatable bonds is 7. The summed E-state index contributed by atoms with van der Waals surface area (Å²) < 4.78 is 5.17. The summed E-state index contributed by atoms with van der Waals surface area (Å²) in [4.78, 5) is 23.2. The third-order valence-corrected chi connectivity index (χ3v) is 5.38. The number of benzene rings is 1. The van der Waals surface area contributed by atoms with Crippen LogP contribution in [0.25, 0.3) is 11.4 Å². The molecule has 0 radical (unpaired) electrons. The van der Waals surface area contributed by atoms with Crippen molar-refractivity contribution in [2.45, 2.75) is 25.7 Å². The predicted octanol–water partition coefficient (Wildman–Crippen LogP) is 2.90. The molecule has 1 amide bonds. The van der Waals surface area contributed by atoms with Crippen LogP contribution in [-0.4, -0.2) is 51.2 Å². The second-order valence-corrected chi connectivity index (χ2v) is 7.39. The Labute approximate surface area is 170 Å². The Bertz CT molecular complexity index is 939. The second kappa shape index (κ2) is 8.86. The van der Waals surface area contributed by atoms with Gasteiger partial charge in [-0.3, -0.25) is 14.9 Å². The number of nitrogens with zero attached hydrogens (tertiary/aromatic N) is 4. The molecule has 1 atom stereocenters. The summed E-state index contributed by atoms with van der Waals surface area (Å²) >= 11 is 0. The van der Waals surface area contributed by atoms with Crippen LogP contribution in [0.1, 0.15) is 24.2 Å². The van der Waals surface area contributed by atoms with Crippen LogP contribution in [0, 0.1) is 5.92 Å². The van der Waals surface area contributed by atoms with Crippen LogP contribution in [0.5, 0.6) is 5.75 Å². The molecule has 7 heteroatoms. The number of carbonyl (C=O) groups is 1. The first-order valence-electron chi connectivity index (χ1n) is 9.93. The van der Waals surface area contributed by atoms with Gasteiger partial charge in [-0.05, 0) is 48.6 Å². The van der Waals surface area contributed by atoms with Crippen LogP contribution in [0.15, 0.2) is 48.8 Å². The van der Waals surface area contributed by atoms with Gasteiger partial charge in [-0.15, -0.1) is 0 Å². The van der Waals surface area contributed by atoms with Crippen LogP contribution in [-0.2, 0) is 17.6 Å². The van der Waals surface area contributed by atoms with Crippen molar-refractivity contribution in [2.75, 3.05) is 20.2 Å². The Morgan fingerprint density at radius 1 is 1.21 bits per heavy atom. The third kappa shape index (κ3) is 4.80. The summed E-state index contributed by atoms with van der Waals surface area (Å²) in [6.45, 7) is 1.60. The first kappa shape index (κ1) is 19.1. The van der Waals surface area contributed by atoms with E-state index in [9.17, 15) is 4.79 Å². The molecule has 1 aliphatic rings. The number of aryl methyl sites for hydroxylation is 1. The Morgan fingerprint density at radius 2 is 2.00 bits per heavy atom. The average molecular weight is 391 g/mol. The summed E-state index contributed by atoms with van der Waals surface area (Å²) in [6, 6.07) is 11.7. The summed E-state index contributed by atoms with van der Waals surface area (Å²) in [5.41, 5.74) is 2.10. The fraction of sp³-hybridized carbons (Fsp3) is 0.364. The normalized spacial score (nSPS) is 16.2. The monoisotopic (exact) mass is 391 g/mol. The molecule has 1 aliphatic heterocycles. The molecular weight excluding hydrogens is 366 g/mol. The van der Waals surface area contributed by atoms with Crippen molar-refractivity contribution in [2.24, 2.45) is 5.92 Å². The van der Waals surface area contributed by atoms with Gasteiger partial charge < -0.3 is 9.64 Å². The van der Waals surface area contributed by atoms with E-state index in [0.717, 1.165) is 55.1 Å². The highest BCUT2D eigenvalue weighted by atomic mass is 16.5. The van der Waals surface area contributed by atoms with Crippen molar-refractivity contribution in [1.82, 2.24) is 25.1 Å². The van der Waals surface area contributed by atoms with E-state index in [2.05, 4.69) is 20.2 Å². The molecule has 3 aromatic rings. The zero-order chi connectivity index (χ0) is 20.1. The molecule has 3 heterocycles. The summed E-state index contributed by atoms with van der Waals surface area (Å²) in [5.74, 6) is 3.03. The van der Waals surface area contributed by atoms with Gasteiger partial charge in [-0.25, -0.2) is 4.98 Å². The van der Waals surface area contributed by atoms with Crippen molar-refractivity contribution >= 4 is 5.91 Å². The Hall–Kier alpha value is -3.22. The number of amides is 1. The van der Waals surface area contributed by atoms with Crippen molar-refractivity contribution in [1.29, 1.82) is 0 Å². The molecule has 1 saturated heterocycles. The molecule has 29 heavy (non-hydrogen) atoms. The minimum atomic E-state index is 0.221. The fourth-order valence-corrected chi connectivity index (χ4v) is 3.72. The van der Waals surface area contributed by atoms with E-state index < -0.39 is 0 Å². The highest BCUT2D eigenvalue weighted by molar-refractivity contribution is 5.76. The van der Waals surface area contributed by atoms with Crippen molar-refractivity contribution in [3.63, 3.8) is 0 Å². The lowest BCUT2D eigenvalue weighted by Crippen LogP contribution is -2.29. The molecule has 1 fully saturated rings. The molecule has 0 bridgehead atoms. The SMILES string of the molecule is COc1ccc(CCC(=O)N2CCC(Cc3nc(-c4ccncc4)n[nH]3)C2)cc1. The van der Waals surface area contributed by atoms with Crippen LogP contribution in [0.4, 0.5) is 0 Å². The van der Waals surface area contributed by atoms with Gasteiger partial charge in [0.25, 0.3) is 0 Å². The predicted molar refractivity (Wildman–Crippen MR) is 109 cm³/mol. The maximum absolute atomic E-state index is 12.6. The molecule has 1 N–H and O–H groups in total. The van der Waals surface area contributed by atoms with Gasteiger partial charge in [0.2, 0.25) is 5.91 Å². The molecule has 7 nitrogen and oxygen atoms in total. The van der Waals surface area contributed by atoms with Crippen LogP contribution < -0.4 is 4.74 Å². The maximum atomic E-state index is 12.6. The van der Waals surface area contributed by atoms with E-state index in [1.54, 1.807) is 19.5 Å². The highest BCUT2D eigenvalue weighted by Crippen LogP contribution is 2.22. The molecule has 0 saturated carbocycles. The Balaban J connectivity index is 1.26. The van der Waals surface area contributed by atoms with E-state index in [4.69, 9.17) is 4.74 Å². The smallest absolute Gasteiger partial charge is 0.222 e. The van der Waals surface area contributed by atoms with Gasteiger partial charge in [0.05, 0.1) is 7.11 Å². The first-order chi connectivity index (χ1) is 14.2.